The Morgan fingerprint density at radius 2 is 2.38 bits per heavy atom. The number of nitrogens with one attached hydrogen (secondary N) is 3. The second-order valence-corrected chi connectivity index (χ2v) is 4.11. The van der Waals surface area contributed by atoms with E-state index >= 15 is 0 Å². The fourth-order valence-electron chi connectivity index (χ4n) is 1.80. The van der Waals surface area contributed by atoms with Gasteiger partial charge in [-0.25, -0.2) is 0 Å². The summed E-state index contributed by atoms with van der Waals surface area (Å²) in [6.45, 7) is 6.95. The van der Waals surface area contributed by atoms with Crippen LogP contribution in [0.3, 0.4) is 0 Å². The number of hydrogen-bond donors (Lipinski definition) is 3. The molecule has 3 N–H and O–H groups in total. The van der Waals surface area contributed by atoms with Crippen LogP contribution >= 0.6 is 0 Å². The molecule has 5 nitrogen and oxygen atoms in total. The van der Waals surface area contributed by atoms with Crippen molar-refractivity contribution in [2.75, 3.05) is 33.2 Å². The quantitative estimate of drug-likeness (QED) is 0.603. The number of piperazine rings is 1. The third kappa shape index (κ3) is 3.73. The van der Waals surface area contributed by atoms with Crippen molar-refractivity contribution in [1.29, 1.82) is 0 Å². The zero-order chi connectivity index (χ0) is 12.0. The number of allylic oxidation sites excluding steroid dienone is 1. The molecule has 1 atom stereocenters. The lowest BCUT2D eigenvalue weighted by molar-refractivity contribution is -0.132. The van der Waals surface area contributed by atoms with Gasteiger partial charge in [-0.1, -0.05) is 0 Å². The van der Waals surface area contributed by atoms with Crippen molar-refractivity contribution in [3.63, 3.8) is 0 Å². The molecule has 1 fully saturated rings. The summed E-state index contributed by atoms with van der Waals surface area (Å²) < 4.78 is 0. The van der Waals surface area contributed by atoms with Gasteiger partial charge in [0.15, 0.2) is 0 Å². The fourth-order valence-corrected chi connectivity index (χ4v) is 1.80. The maximum absolute atomic E-state index is 11.9. The van der Waals surface area contributed by atoms with Crippen LogP contribution in [0.5, 0.6) is 0 Å². The lowest BCUT2D eigenvalue weighted by atomic mass is 10.2. The highest BCUT2D eigenvalue weighted by atomic mass is 16.2. The van der Waals surface area contributed by atoms with Gasteiger partial charge in [-0.2, -0.15) is 0 Å². The van der Waals surface area contributed by atoms with Crippen LogP contribution in [0.4, 0.5) is 0 Å². The molecule has 0 aromatic heterocycles. The number of amides is 1. The van der Waals surface area contributed by atoms with Crippen LogP contribution < -0.4 is 16.0 Å². The Hall–Kier alpha value is -1.23. The van der Waals surface area contributed by atoms with Crippen LogP contribution in [-0.4, -0.2) is 50.1 Å². The third-order valence-corrected chi connectivity index (χ3v) is 2.70. The number of hydrogen-bond acceptors (Lipinski definition) is 4. The lowest BCUT2D eigenvalue weighted by Gasteiger charge is -2.34. The Bertz CT molecular complexity index is 265. The van der Waals surface area contributed by atoms with Crippen molar-refractivity contribution in [1.82, 2.24) is 20.9 Å². The topological polar surface area (TPSA) is 56.4 Å². The molecule has 0 aromatic rings. The molecule has 1 saturated heterocycles. The van der Waals surface area contributed by atoms with E-state index in [-0.39, 0.29) is 11.9 Å². The number of nitrogens with zero attached hydrogens (tertiary/aromatic N) is 1. The number of carbonyl (C=O) groups is 1. The van der Waals surface area contributed by atoms with Crippen molar-refractivity contribution < 1.29 is 4.79 Å². The minimum atomic E-state index is 0.165. The van der Waals surface area contributed by atoms with E-state index in [0.717, 1.165) is 25.3 Å². The molecule has 1 heterocycles. The Labute approximate surface area is 97.3 Å². The Morgan fingerprint density at radius 1 is 1.62 bits per heavy atom. The second kappa shape index (κ2) is 6.37. The molecule has 92 valence electrons. The molecule has 1 unspecified atom stereocenters. The Balaban J connectivity index is 2.36. The summed E-state index contributed by atoms with van der Waals surface area (Å²) in [6, 6.07) is 0.289. The fraction of sp³-hybridized carbons (Fsp3) is 0.727. The second-order valence-electron chi connectivity index (χ2n) is 4.11. The summed E-state index contributed by atoms with van der Waals surface area (Å²) in [5.74, 6) is 0.165. The normalized spacial score (nSPS) is 21.8. The third-order valence-electron chi connectivity index (χ3n) is 2.70. The summed E-state index contributed by atoms with van der Waals surface area (Å²) in [5, 5.41) is 9.28. The van der Waals surface area contributed by atoms with E-state index in [4.69, 9.17) is 0 Å². The van der Waals surface area contributed by atoms with E-state index in [1.54, 1.807) is 0 Å². The molecule has 1 rings (SSSR count). The molecule has 1 aliphatic rings. The van der Waals surface area contributed by atoms with Gasteiger partial charge in [-0.3, -0.25) is 4.79 Å². The molecule has 16 heavy (non-hydrogen) atoms. The molecule has 1 aliphatic heterocycles. The lowest BCUT2D eigenvalue weighted by Crippen LogP contribution is -2.54. The van der Waals surface area contributed by atoms with Gasteiger partial charge in [0.25, 0.3) is 0 Å². The van der Waals surface area contributed by atoms with E-state index < -0.39 is 0 Å². The summed E-state index contributed by atoms with van der Waals surface area (Å²) >= 11 is 0. The molecule has 0 bridgehead atoms. The van der Waals surface area contributed by atoms with Crippen molar-refractivity contribution >= 4 is 5.91 Å². The van der Waals surface area contributed by atoms with Gasteiger partial charge in [-0.15, -0.1) is 0 Å². The predicted octanol–water partition coefficient (Wildman–Crippen LogP) is -0.523. The van der Waals surface area contributed by atoms with E-state index in [1.165, 1.54) is 0 Å². The van der Waals surface area contributed by atoms with Crippen LogP contribution in [0.25, 0.3) is 0 Å². The molecular formula is C11H22N4O. The van der Waals surface area contributed by atoms with Crippen molar-refractivity contribution in [2.45, 2.75) is 19.9 Å². The maximum atomic E-state index is 11.9. The van der Waals surface area contributed by atoms with E-state index in [1.807, 2.05) is 25.1 Å². The maximum Gasteiger partial charge on any atom is 0.242 e. The summed E-state index contributed by atoms with van der Waals surface area (Å²) in [4.78, 5) is 13.8. The highest BCUT2D eigenvalue weighted by Gasteiger charge is 2.22. The number of rotatable bonds is 4. The highest BCUT2D eigenvalue weighted by molar-refractivity contribution is 5.79. The SMILES string of the molecule is CN/C=C(\C)NCC(=O)N1CCNCC1C. The van der Waals surface area contributed by atoms with Crippen LogP contribution in [0.1, 0.15) is 13.8 Å². The number of carbonyl (C=O) groups excluding carboxylic acids is 1. The summed E-state index contributed by atoms with van der Waals surface area (Å²) in [5.41, 5.74) is 0.971. The monoisotopic (exact) mass is 226 g/mol. The average Bonchev–Trinajstić information content (AvgIpc) is 2.27. The minimum Gasteiger partial charge on any atom is -0.393 e. The molecule has 0 aliphatic carbocycles. The Kier molecular flexibility index (Phi) is 5.11. The molecular weight excluding hydrogens is 204 g/mol. The van der Waals surface area contributed by atoms with Gasteiger partial charge in [0.05, 0.1) is 6.54 Å². The average molecular weight is 226 g/mol. The van der Waals surface area contributed by atoms with Crippen molar-refractivity contribution in [2.24, 2.45) is 0 Å². The summed E-state index contributed by atoms with van der Waals surface area (Å²) in [7, 11) is 1.84. The minimum absolute atomic E-state index is 0.165. The van der Waals surface area contributed by atoms with Gasteiger partial charge in [0, 0.05) is 44.6 Å². The largest absolute Gasteiger partial charge is 0.393 e. The van der Waals surface area contributed by atoms with Gasteiger partial charge in [0.2, 0.25) is 5.91 Å². The van der Waals surface area contributed by atoms with Crippen LogP contribution in [0, 0.1) is 0 Å². The first kappa shape index (κ1) is 12.8. The van der Waals surface area contributed by atoms with Gasteiger partial charge in [0.1, 0.15) is 0 Å². The molecule has 0 spiro atoms. The van der Waals surface area contributed by atoms with E-state index in [2.05, 4.69) is 22.9 Å². The first-order valence-electron chi connectivity index (χ1n) is 5.73. The van der Waals surface area contributed by atoms with E-state index in [9.17, 15) is 4.79 Å². The van der Waals surface area contributed by atoms with Crippen molar-refractivity contribution in [3.05, 3.63) is 11.9 Å². The molecule has 5 heteroatoms. The van der Waals surface area contributed by atoms with Crippen LogP contribution in [-0.2, 0) is 4.79 Å². The predicted molar refractivity (Wildman–Crippen MR) is 64.9 cm³/mol. The zero-order valence-electron chi connectivity index (χ0n) is 10.3. The molecule has 1 amide bonds. The molecule has 0 saturated carbocycles. The highest BCUT2D eigenvalue weighted by Crippen LogP contribution is 2.02. The molecule has 0 aromatic carbocycles. The van der Waals surface area contributed by atoms with Crippen LogP contribution in [0.2, 0.25) is 0 Å². The van der Waals surface area contributed by atoms with Crippen molar-refractivity contribution in [3.8, 4) is 0 Å². The first-order valence-corrected chi connectivity index (χ1v) is 5.73. The standard InChI is InChI=1S/C11H22N4O/c1-9(6-12-3)14-8-11(16)15-5-4-13-7-10(15)2/h6,10,12-14H,4-5,7-8H2,1-3H3/b9-6+. The summed E-state index contributed by atoms with van der Waals surface area (Å²) in [6.07, 6.45) is 1.84. The first-order chi connectivity index (χ1) is 7.65. The molecule has 0 radical (unpaired) electrons. The zero-order valence-corrected chi connectivity index (χ0v) is 10.3. The van der Waals surface area contributed by atoms with Gasteiger partial charge >= 0.3 is 0 Å². The Morgan fingerprint density at radius 3 is 3.00 bits per heavy atom. The smallest absolute Gasteiger partial charge is 0.242 e. The van der Waals surface area contributed by atoms with Gasteiger partial charge < -0.3 is 20.9 Å². The van der Waals surface area contributed by atoms with Gasteiger partial charge in [-0.05, 0) is 13.8 Å². The van der Waals surface area contributed by atoms with Crippen LogP contribution in [0.15, 0.2) is 11.9 Å². The van der Waals surface area contributed by atoms with E-state index in [0.29, 0.717) is 6.54 Å².